The summed E-state index contributed by atoms with van der Waals surface area (Å²) in [7, 11) is 0. The maximum Gasteiger partial charge on any atom is 0.241 e. The number of fused-ring (bicyclic) bond motifs is 1. The molecule has 1 unspecified atom stereocenters. The van der Waals surface area contributed by atoms with E-state index in [1.165, 1.54) is 0 Å². The molecule has 5 heteroatoms. The van der Waals surface area contributed by atoms with Gasteiger partial charge in [0.15, 0.2) is 0 Å². The van der Waals surface area contributed by atoms with Crippen LogP contribution in [0.1, 0.15) is 18.1 Å². The monoisotopic (exact) mass is 344 g/mol. The average molecular weight is 345 g/mol. The Morgan fingerprint density at radius 3 is 2.92 bits per heavy atom. The standard InChI is InChI=1S/C19H21ClN2O2/c1-13-7-8-16(20)11-17(13)21-19(23)14(2)22-9-10-24-18-6-4-3-5-15(18)12-22/h3-8,11,14H,9-10,12H2,1-2H3,(H,21,23). The zero-order valence-electron chi connectivity index (χ0n) is 13.9. The molecule has 126 valence electrons. The molecule has 1 aliphatic rings. The third-order valence-corrected chi connectivity index (χ3v) is 4.60. The van der Waals surface area contributed by atoms with Gasteiger partial charge in [0.2, 0.25) is 5.91 Å². The lowest BCUT2D eigenvalue weighted by molar-refractivity contribution is -0.121. The van der Waals surface area contributed by atoms with Gasteiger partial charge in [0.1, 0.15) is 12.4 Å². The van der Waals surface area contributed by atoms with Gasteiger partial charge < -0.3 is 10.1 Å². The number of amides is 1. The van der Waals surface area contributed by atoms with E-state index >= 15 is 0 Å². The molecule has 3 rings (SSSR count). The minimum absolute atomic E-state index is 0.0419. The van der Waals surface area contributed by atoms with E-state index in [4.69, 9.17) is 16.3 Å². The predicted octanol–water partition coefficient (Wildman–Crippen LogP) is 3.87. The highest BCUT2D eigenvalue weighted by atomic mass is 35.5. The number of halogens is 1. The van der Waals surface area contributed by atoms with E-state index in [9.17, 15) is 4.79 Å². The van der Waals surface area contributed by atoms with Gasteiger partial charge in [-0.05, 0) is 37.6 Å². The van der Waals surface area contributed by atoms with Gasteiger partial charge in [0.25, 0.3) is 0 Å². The molecular formula is C19H21ClN2O2. The Morgan fingerprint density at radius 2 is 2.08 bits per heavy atom. The maximum atomic E-state index is 12.7. The summed E-state index contributed by atoms with van der Waals surface area (Å²) in [6, 6.07) is 13.2. The van der Waals surface area contributed by atoms with E-state index in [1.807, 2.05) is 50.2 Å². The second-order valence-electron chi connectivity index (χ2n) is 6.05. The fraction of sp³-hybridized carbons (Fsp3) is 0.316. The van der Waals surface area contributed by atoms with Gasteiger partial charge in [-0.25, -0.2) is 0 Å². The van der Waals surface area contributed by atoms with E-state index < -0.39 is 0 Å². The second kappa shape index (κ2) is 7.24. The van der Waals surface area contributed by atoms with Crippen molar-refractivity contribution >= 4 is 23.2 Å². The molecule has 1 aliphatic heterocycles. The minimum Gasteiger partial charge on any atom is -0.492 e. The number of aryl methyl sites for hydroxylation is 1. The summed E-state index contributed by atoms with van der Waals surface area (Å²) in [6.07, 6.45) is 0. The van der Waals surface area contributed by atoms with Crippen LogP contribution in [0.2, 0.25) is 5.02 Å². The first-order chi connectivity index (χ1) is 11.5. The number of rotatable bonds is 3. The van der Waals surface area contributed by atoms with Crippen molar-refractivity contribution in [3.8, 4) is 5.75 Å². The van der Waals surface area contributed by atoms with Crippen LogP contribution in [0.4, 0.5) is 5.69 Å². The smallest absolute Gasteiger partial charge is 0.241 e. The Labute approximate surface area is 147 Å². The number of carbonyl (C=O) groups excluding carboxylic acids is 1. The van der Waals surface area contributed by atoms with Gasteiger partial charge in [-0.2, -0.15) is 0 Å². The first-order valence-corrected chi connectivity index (χ1v) is 8.44. The molecule has 2 aromatic carbocycles. The van der Waals surface area contributed by atoms with Crippen LogP contribution in [0.3, 0.4) is 0 Å². The normalized spacial score (nSPS) is 15.8. The van der Waals surface area contributed by atoms with E-state index in [-0.39, 0.29) is 11.9 Å². The SMILES string of the molecule is Cc1ccc(Cl)cc1NC(=O)C(C)N1CCOc2ccccc2C1. The third kappa shape index (κ3) is 3.71. The van der Waals surface area contributed by atoms with Crippen LogP contribution in [0.25, 0.3) is 0 Å². The lowest BCUT2D eigenvalue weighted by atomic mass is 10.1. The van der Waals surface area contributed by atoms with Crippen LogP contribution in [-0.2, 0) is 11.3 Å². The molecule has 0 spiro atoms. The lowest BCUT2D eigenvalue weighted by Crippen LogP contribution is -2.42. The molecule has 0 saturated heterocycles. The van der Waals surface area contributed by atoms with Crippen LogP contribution in [0, 0.1) is 6.92 Å². The predicted molar refractivity (Wildman–Crippen MR) is 96.6 cm³/mol. The number of ether oxygens (including phenoxy) is 1. The van der Waals surface area contributed by atoms with Crippen LogP contribution in [0.15, 0.2) is 42.5 Å². The molecule has 0 saturated carbocycles. The van der Waals surface area contributed by atoms with Gasteiger partial charge in [0, 0.05) is 29.4 Å². The molecule has 1 N–H and O–H groups in total. The number of hydrogen-bond donors (Lipinski definition) is 1. The quantitative estimate of drug-likeness (QED) is 0.919. The Kier molecular flexibility index (Phi) is 5.07. The number of hydrogen-bond acceptors (Lipinski definition) is 3. The molecule has 24 heavy (non-hydrogen) atoms. The largest absolute Gasteiger partial charge is 0.492 e. The highest BCUT2D eigenvalue weighted by molar-refractivity contribution is 6.31. The number of anilines is 1. The summed E-state index contributed by atoms with van der Waals surface area (Å²) < 4.78 is 5.77. The average Bonchev–Trinajstić information content (AvgIpc) is 2.79. The number of benzene rings is 2. The van der Waals surface area contributed by atoms with Gasteiger partial charge in [0.05, 0.1) is 6.04 Å². The van der Waals surface area contributed by atoms with Crippen LogP contribution >= 0.6 is 11.6 Å². The lowest BCUT2D eigenvalue weighted by Gasteiger charge is -2.26. The summed E-state index contributed by atoms with van der Waals surface area (Å²) in [5.41, 5.74) is 2.85. The summed E-state index contributed by atoms with van der Waals surface area (Å²) in [4.78, 5) is 14.8. The number of nitrogens with zero attached hydrogens (tertiary/aromatic N) is 1. The Balaban J connectivity index is 1.72. The number of carbonyl (C=O) groups is 1. The minimum atomic E-state index is -0.266. The van der Waals surface area contributed by atoms with Crippen LogP contribution in [-0.4, -0.2) is 30.0 Å². The fourth-order valence-electron chi connectivity index (χ4n) is 2.81. The molecule has 1 amide bonds. The van der Waals surface area contributed by atoms with Crippen molar-refractivity contribution in [3.63, 3.8) is 0 Å². The molecule has 0 bridgehead atoms. The van der Waals surface area contributed by atoms with E-state index in [0.29, 0.717) is 24.7 Å². The summed E-state index contributed by atoms with van der Waals surface area (Å²) in [6.45, 7) is 5.84. The van der Waals surface area contributed by atoms with Gasteiger partial charge in [-0.3, -0.25) is 9.69 Å². The van der Waals surface area contributed by atoms with Crippen molar-refractivity contribution in [2.75, 3.05) is 18.5 Å². The van der Waals surface area contributed by atoms with Crippen molar-refractivity contribution in [1.82, 2.24) is 4.90 Å². The molecule has 0 aromatic heterocycles. The highest BCUT2D eigenvalue weighted by Gasteiger charge is 2.25. The number of nitrogens with one attached hydrogen (secondary N) is 1. The maximum absolute atomic E-state index is 12.7. The molecule has 0 fully saturated rings. The molecule has 2 aromatic rings. The van der Waals surface area contributed by atoms with E-state index in [0.717, 1.165) is 22.6 Å². The molecule has 0 radical (unpaired) electrons. The third-order valence-electron chi connectivity index (χ3n) is 4.37. The Hall–Kier alpha value is -2.04. The molecule has 0 aliphatic carbocycles. The topological polar surface area (TPSA) is 41.6 Å². The van der Waals surface area contributed by atoms with Gasteiger partial charge in [-0.1, -0.05) is 35.9 Å². The molecular weight excluding hydrogens is 324 g/mol. The first kappa shape index (κ1) is 16.8. The highest BCUT2D eigenvalue weighted by Crippen LogP contribution is 2.24. The van der Waals surface area contributed by atoms with Gasteiger partial charge >= 0.3 is 0 Å². The summed E-state index contributed by atoms with van der Waals surface area (Å²) in [5.74, 6) is 0.859. The van der Waals surface area contributed by atoms with Crippen LogP contribution < -0.4 is 10.1 Å². The molecule has 1 heterocycles. The van der Waals surface area contributed by atoms with Crippen LogP contribution in [0.5, 0.6) is 5.75 Å². The Morgan fingerprint density at radius 1 is 1.29 bits per heavy atom. The summed E-state index contributed by atoms with van der Waals surface area (Å²) >= 11 is 6.03. The van der Waals surface area contributed by atoms with Crippen molar-refractivity contribution < 1.29 is 9.53 Å². The van der Waals surface area contributed by atoms with Crippen molar-refractivity contribution in [2.45, 2.75) is 26.4 Å². The number of para-hydroxylation sites is 1. The van der Waals surface area contributed by atoms with Crippen molar-refractivity contribution in [2.24, 2.45) is 0 Å². The molecule has 4 nitrogen and oxygen atoms in total. The Bertz CT molecular complexity index is 748. The fourth-order valence-corrected chi connectivity index (χ4v) is 2.98. The van der Waals surface area contributed by atoms with Crippen molar-refractivity contribution in [3.05, 3.63) is 58.6 Å². The zero-order chi connectivity index (χ0) is 17.1. The van der Waals surface area contributed by atoms with E-state index in [1.54, 1.807) is 6.07 Å². The van der Waals surface area contributed by atoms with Crippen molar-refractivity contribution in [1.29, 1.82) is 0 Å². The van der Waals surface area contributed by atoms with E-state index in [2.05, 4.69) is 10.2 Å². The van der Waals surface area contributed by atoms with Gasteiger partial charge in [-0.15, -0.1) is 0 Å². The first-order valence-electron chi connectivity index (χ1n) is 8.06. The zero-order valence-corrected chi connectivity index (χ0v) is 14.6. The molecule has 1 atom stereocenters. The summed E-state index contributed by atoms with van der Waals surface area (Å²) in [5, 5.41) is 3.60. The second-order valence-corrected chi connectivity index (χ2v) is 6.49.